The number of aromatic nitrogens is 2. The van der Waals surface area contributed by atoms with Gasteiger partial charge in [-0.15, -0.1) is 10.2 Å². The van der Waals surface area contributed by atoms with Crippen LogP contribution in [0.15, 0.2) is 12.1 Å². The first kappa shape index (κ1) is 17.5. The fourth-order valence-electron chi connectivity index (χ4n) is 2.84. The van der Waals surface area contributed by atoms with Crippen molar-refractivity contribution in [1.82, 2.24) is 10.2 Å². The molecule has 0 amide bonds. The van der Waals surface area contributed by atoms with E-state index in [0.717, 1.165) is 30.4 Å². The Morgan fingerprint density at radius 3 is 2.58 bits per heavy atom. The number of nitrogen functional groups attached to an aromatic ring is 1. The van der Waals surface area contributed by atoms with Crippen molar-refractivity contribution in [2.75, 3.05) is 12.3 Å². The Balaban J connectivity index is 2.03. The average molecular weight is 389 g/mol. The zero-order valence-corrected chi connectivity index (χ0v) is 15.3. The molecule has 3 rings (SSSR count). The second-order valence-electron chi connectivity index (χ2n) is 5.44. The van der Waals surface area contributed by atoms with E-state index >= 15 is 0 Å². The van der Waals surface area contributed by atoms with Gasteiger partial charge in [0.25, 0.3) is 0 Å². The van der Waals surface area contributed by atoms with Crippen LogP contribution in [0.1, 0.15) is 37.0 Å². The molecular formula is C16H16Cl3N3O2. The van der Waals surface area contributed by atoms with Gasteiger partial charge in [0.05, 0.1) is 16.1 Å². The standard InChI is InChI=1S/C16H16Cl3N3O2/c1-2-23-12-5-3-4-9-13(12)15(19)21-22-16(9)24-14-10(17)6-8(20)7-11(14)18/h6-7,12H,2-5,20H2,1H3. The second kappa shape index (κ2) is 7.31. The summed E-state index contributed by atoms with van der Waals surface area (Å²) in [7, 11) is 0. The molecule has 0 saturated carbocycles. The highest BCUT2D eigenvalue weighted by Gasteiger charge is 2.29. The molecule has 1 aromatic heterocycles. The van der Waals surface area contributed by atoms with Crippen molar-refractivity contribution in [3.05, 3.63) is 38.5 Å². The molecule has 0 fully saturated rings. The normalized spacial score (nSPS) is 16.8. The largest absolute Gasteiger partial charge is 0.434 e. The third kappa shape index (κ3) is 3.40. The molecular weight excluding hydrogens is 373 g/mol. The lowest BCUT2D eigenvalue weighted by Crippen LogP contribution is -2.16. The zero-order valence-electron chi connectivity index (χ0n) is 13.0. The van der Waals surface area contributed by atoms with Crippen molar-refractivity contribution in [3.8, 4) is 11.6 Å². The minimum absolute atomic E-state index is 0.110. The van der Waals surface area contributed by atoms with Crippen LogP contribution in [0, 0.1) is 0 Å². The van der Waals surface area contributed by atoms with Gasteiger partial charge in [-0.1, -0.05) is 34.8 Å². The Labute approximate surface area is 155 Å². The summed E-state index contributed by atoms with van der Waals surface area (Å²) < 4.78 is 11.6. The topological polar surface area (TPSA) is 70.3 Å². The maximum atomic E-state index is 6.25. The summed E-state index contributed by atoms with van der Waals surface area (Å²) in [6, 6.07) is 3.14. The summed E-state index contributed by atoms with van der Waals surface area (Å²) in [5.74, 6) is 0.636. The lowest BCUT2D eigenvalue weighted by atomic mass is 9.91. The Hall–Kier alpha value is -1.27. The molecule has 5 nitrogen and oxygen atoms in total. The summed E-state index contributed by atoms with van der Waals surface area (Å²) >= 11 is 18.6. The van der Waals surface area contributed by atoms with E-state index in [4.69, 9.17) is 50.0 Å². The van der Waals surface area contributed by atoms with Gasteiger partial charge in [0.1, 0.15) is 0 Å². The number of anilines is 1. The summed E-state index contributed by atoms with van der Waals surface area (Å²) in [5, 5.41) is 9.03. The Kier molecular flexibility index (Phi) is 5.35. The molecule has 1 aliphatic carbocycles. The number of ether oxygens (including phenoxy) is 2. The maximum Gasteiger partial charge on any atom is 0.242 e. The SMILES string of the molecule is CCOC1CCCc2c(Oc3c(Cl)cc(N)cc3Cl)nnc(Cl)c21. The number of nitrogens with zero attached hydrogens (tertiary/aromatic N) is 2. The molecule has 1 unspecified atom stereocenters. The summed E-state index contributed by atoms with van der Waals surface area (Å²) in [6.07, 6.45) is 2.49. The van der Waals surface area contributed by atoms with Crippen LogP contribution >= 0.6 is 34.8 Å². The number of benzene rings is 1. The number of nitrogens with two attached hydrogens (primary N) is 1. The highest BCUT2D eigenvalue weighted by Crippen LogP contribution is 2.43. The van der Waals surface area contributed by atoms with Crippen molar-refractivity contribution in [2.24, 2.45) is 0 Å². The van der Waals surface area contributed by atoms with Crippen molar-refractivity contribution < 1.29 is 9.47 Å². The van der Waals surface area contributed by atoms with Crippen molar-refractivity contribution in [1.29, 1.82) is 0 Å². The smallest absolute Gasteiger partial charge is 0.242 e. The first-order chi connectivity index (χ1) is 11.5. The first-order valence-corrected chi connectivity index (χ1v) is 8.73. The number of hydrogen-bond donors (Lipinski definition) is 1. The highest BCUT2D eigenvalue weighted by molar-refractivity contribution is 6.37. The lowest BCUT2D eigenvalue weighted by Gasteiger charge is -2.26. The molecule has 0 spiro atoms. The van der Waals surface area contributed by atoms with Crippen LogP contribution in [0.5, 0.6) is 11.6 Å². The van der Waals surface area contributed by atoms with Gasteiger partial charge >= 0.3 is 0 Å². The number of fused-ring (bicyclic) bond motifs is 1. The molecule has 0 saturated heterocycles. The van der Waals surface area contributed by atoms with Crippen molar-refractivity contribution in [2.45, 2.75) is 32.3 Å². The second-order valence-corrected chi connectivity index (χ2v) is 6.61. The van der Waals surface area contributed by atoms with E-state index in [-0.39, 0.29) is 6.10 Å². The monoisotopic (exact) mass is 387 g/mol. The number of hydrogen-bond acceptors (Lipinski definition) is 5. The molecule has 24 heavy (non-hydrogen) atoms. The average Bonchev–Trinajstić information content (AvgIpc) is 2.53. The Bertz CT molecular complexity index is 747. The van der Waals surface area contributed by atoms with Crippen LogP contribution < -0.4 is 10.5 Å². The Morgan fingerprint density at radius 2 is 1.92 bits per heavy atom. The van der Waals surface area contributed by atoms with Crippen LogP contribution in [-0.2, 0) is 11.2 Å². The van der Waals surface area contributed by atoms with Gasteiger partial charge in [-0.2, -0.15) is 0 Å². The van der Waals surface area contributed by atoms with Gasteiger partial charge in [-0.05, 0) is 38.3 Å². The first-order valence-electron chi connectivity index (χ1n) is 7.60. The maximum absolute atomic E-state index is 6.25. The molecule has 0 aliphatic heterocycles. The van der Waals surface area contributed by atoms with Crippen LogP contribution in [0.4, 0.5) is 5.69 Å². The van der Waals surface area contributed by atoms with Gasteiger partial charge in [-0.3, -0.25) is 0 Å². The molecule has 1 aliphatic rings. The van der Waals surface area contributed by atoms with Gasteiger partial charge < -0.3 is 15.2 Å². The summed E-state index contributed by atoms with van der Waals surface area (Å²) in [5.41, 5.74) is 7.88. The molecule has 0 radical (unpaired) electrons. The van der Waals surface area contributed by atoms with Crippen molar-refractivity contribution in [3.63, 3.8) is 0 Å². The molecule has 0 bridgehead atoms. The quantitative estimate of drug-likeness (QED) is 0.727. The Morgan fingerprint density at radius 1 is 1.21 bits per heavy atom. The van der Waals surface area contributed by atoms with E-state index in [2.05, 4.69) is 10.2 Å². The third-order valence-electron chi connectivity index (χ3n) is 3.84. The molecule has 1 heterocycles. The van der Waals surface area contributed by atoms with Crippen LogP contribution in [0.25, 0.3) is 0 Å². The summed E-state index contributed by atoms with van der Waals surface area (Å²) in [6.45, 7) is 2.54. The van der Waals surface area contributed by atoms with E-state index in [1.54, 1.807) is 12.1 Å². The van der Waals surface area contributed by atoms with E-state index in [0.29, 0.717) is 39.1 Å². The predicted octanol–water partition coefficient (Wildman–Crippen LogP) is 5.23. The fraction of sp³-hybridized carbons (Fsp3) is 0.375. The lowest BCUT2D eigenvalue weighted by molar-refractivity contribution is 0.0493. The van der Waals surface area contributed by atoms with Crippen molar-refractivity contribution >= 4 is 40.5 Å². The van der Waals surface area contributed by atoms with Crippen LogP contribution in [-0.4, -0.2) is 16.8 Å². The van der Waals surface area contributed by atoms with E-state index in [1.165, 1.54) is 0 Å². The van der Waals surface area contributed by atoms with Gasteiger partial charge in [0.15, 0.2) is 10.9 Å². The summed E-state index contributed by atoms with van der Waals surface area (Å²) in [4.78, 5) is 0. The fourth-order valence-corrected chi connectivity index (χ4v) is 3.70. The van der Waals surface area contributed by atoms with E-state index in [9.17, 15) is 0 Å². The number of halogens is 3. The van der Waals surface area contributed by atoms with Gasteiger partial charge in [0, 0.05) is 23.4 Å². The molecule has 128 valence electrons. The molecule has 2 aromatic rings. The molecule has 8 heteroatoms. The molecule has 1 atom stereocenters. The van der Waals surface area contributed by atoms with Gasteiger partial charge in [0.2, 0.25) is 5.88 Å². The molecule has 2 N–H and O–H groups in total. The van der Waals surface area contributed by atoms with Gasteiger partial charge in [-0.25, -0.2) is 0 Å². The number of rotatable bonds is 4. The predicted molar refractivity (Wildman–Crippen MR) is 95.3 cm³/mol. The molecule has 1 aromatic carbocycles. The van der Waals surface area contributed by atoms with E-state index in [1.807, 2.05) is 6.92 Å². The minimum atomic E-state index is -0.110. The minimum Gasteiger partial charge on any atom is -0.434 e. The zero-order chi connectivity index (χ0) is 17.3. The van der Waals surface area contributed by atoms with Crippen LogP contribution in [0.2, 0.25) is 15.2 Å². The van der Waals surface area contributed by atoms with E-state index < -0.39 is 0 Å². The highest BCUT2D eigenvalue weighted by atomic mass is 35.5. The van der Waals surface area contributed by atoms with Crippen LogP contribution in [0.3, 0.4) is 0 Å². The third-order valence-corrected chi connectivity index (χ3v) is 4.68.